The summed E-state index contributed by atoms with van der Waals surface area (Å²) in [6, 6.07) is 0. The van der Waals surface area contributed by atoms with Crippen molar-refractivity contribution in [2.24, 2.45) is 0 Å². The molecule has 0 aliphatic heterocycles. The van der Waals surface area contributed by atoms with E-state index in [1.165, 1.54) is 5.57 Å². The number of hydrogen-bond donors (Lipinski definition) is 1. The largest absolute Gasteiger partial charge is 0.316 e. The molecule has 0 rings (SSSR count). The molecule has 0 aliphatic carbocycles. The third-order valence-corrected chi connectivity index (χ3v) is 0.479. The van der Waals surface area contributed by atoms with Gasteiger partial charge in [0.25, 0.3) is 0 Å². The molecule has 0 aromatic rings. The smallest absolute Gasteiger partial charge is 0.0156 e. The summed E-state index contributed by atoms with van der Waals surface area (Å²) in [5, 5.41) is 2.97. The molecule has 1 nitrogen and oxygen atoms in total. The van der Waals surface area contributed by atoms with Crippen LogP contribution < -0.4 is 5.32 Å². The molecule has 0 bridgehead atoms. The Morgan fingerprint density at radius 2 is 2.14 bits per heavy atom. The maximum Gasteiger partial charge on any atom is 0.0156 e. The molecule has 7 heavy (non-hydrogen) atoms. The Morgan fingerprint density at radius 3 is 2.14 bits per heavy atom. The van der Waals surface area contributed by atoms with Crippen LogP contribution in [0.25, 0.3) is 0 Å². The quantitative estimate of drug-likeness (QED) is 0.542. The van der Waals surface area contributed by atoms with Gasteiger partial charge in [0, 0.05) is 6.54 Å². The first-order chi connectivity index (χ1) is 2.77. The molecule has 0 aromatic heterocycles. The Kier molecular flexibility index (Phi) is 8.62. The lowest BCUT2D eigenvalue weighted by atomic mass is 10.4. The van der Waals surface area contributed by atoms with Gasteiger partial charge in [-0.2, -0.15) is 0 Å². The topological polar surface area (TPSA) is 12.0 Å². The van der Waals surface area contributed by atoms with Crippen molar-refractivity contribution in [3.05, 3.63) is 12.2 Å². The molecular formula is C5H12ClN. The van der Waals surface area contributed by atoms with Crippen LogP contribution in [-0.2, 0) is 0 Å². The Morgan fingerprint density at radius 1 is 1.71 bits per heavy atom. The van der Waals surface area contributed by atoms with Gasteiger partial charge in [-0.25, -0.2) is 0 Å². The first kappa shape index (κ1) is 10.1. The Bertz CT molecular complexity index is 52.0. The Balaban J connectivity index is 0. The number of hydrogen-bond acceptors (Lipinski definition) is 1. The fourth-order valence-electron chi connectivity index (χ4n) is 0.302. The molecule has 0 saturated carbocycles. The summed E-state index contributed by atoms with van der Waals surface area (Å²) in [5.74, 6) is 0. The van der Waals surface area contributed by atoms with Crippen LogP contribution in [0.2, 0.25) is 0 Å². The molecule has 0 amide bonds. The van der Waals surface area contributed by atoms with E-state index in [2.05, 4.69) is 11.9 Å². The van der Waals surface area contributed by atoms with Crippen molar-refractivity contribution in [3.63, 3.8) is 0 Å². The van der Waals surface area contributed by atoms with E-state index in [1.807, 2.05) is 14.0 Å². The third-order valence-electron chi connectivity index (χ3n) is 0.479. The molecule has 44 valence electrons. The van der Waals surface area contributed by atoms with Crippen molar-refractivity contribution in [1.29, 1.82) is 0 Å². The van der Waals surface area contributed by atoms with Crippen LogP contribution in [0.3, 0.4) is 0 Å². The molecule has 0 aromatic carbocycles. The molecule has 0 heterocycles. The maximum absolute atomic E-state index is 3.68. The molecule has 0 fully saturated rings. The second-order valence-corrected chi connectivity index (χ2v) is 1.49. The van der Waals surface area contributed by atoms with Crippen molar-refractivity contribution >= 4 is 12.4 Å². The van der Waals surface area contributed by atoms with Gasteiger partial charge < -0.3 is 5.32 Å². The van der Waals surface area contributed by atoms with Crippen LogP contribution in [0.4, 0.5) is 0 Å². The summed E-state index contributed by atoms with van der Waals surface area (Å²) in [6.07, 6.45) is 0. The van der Waals surface area contributed by atoms with Crippen LogP contribution in [0.15, 0.2) is 12.2 Å². The van der Waals surface area contributed by atoms with E-state index < -0.39 is 0 Å². The van der Waals surface area contributed by atoms with Gasteiger partial charge in [0.05, 0.1) is 0 Å². The molecule has 0 spiro atoms. The summed E-state index contributed by atoms with van der Waals surface area (Å²) in [4.78, 5) is 0. The van der Waals surface area contributed by atoms with E-state index in [0.29, 0.717) is 0 Å². The van der Waals surface area contributed by atoms with Crippen molar-refractivity contribution < 1.29 is 0 Å². The average Bonchev–Trinajstić information content (AvgIpc) is 1.35. The highest BCUT2D eigenvalue weighted by Crippen LogP contribution is 1.77. The van der Waals surface area contributed by atoms with E-state index >= 15 is 0 Å². The fourth-order valence-corrected chi connectivity index (χ4v) is 0.302. The molecule has 0 unspecified atom stereocenters. The molecule has 0 radical (unpaired) electrons. The third kappa shape index (κ3) is 10.7. The number of halogens is 1. The van der Waals surface area contributed by atoms with Gasteiger partial charge in [0.1, 0.15) is 0 Å². The number of nitrogens with one attached hydrogen (secondary N) is 1. The zero-order valence-corrected chi connectivity index (χ0v) is 5.64. The summed E-state index contributed by atoms with van der Waals surface area (Å²) < 4.78 is 0. The lowest BCUT2D eigenvalue weighted by molar-refractivity contribution is 0.883. The van der Waals surface area contributed by atoms with Gasteiger partial charge in [-0.05, 0) is 14.0 Å². The standard InChI is InChI=1S/C5H11N.ClH/c1-5(2)4-6-3;/h6H,1,4H2,2-3H3;1H. The molecule has 0 atom stereocenters. The highest BCUT2D eigenvalue weighted by atomic mass is 35.5. The monoisotopic (exact) mass is 121 g/mol. The normalized spacial score (nSPS) is 7.14. The van der Waals surface area contributed by atoms with Gasteiger partial charge in [-0.3, -0.25) is 0 Å². The van der Waals surface area contributed by atoms with E-state index in [0.717, 1.165) is 6.54 Å². The average molecular weight is 122 g/mol. The predicted octanol–water partition coefficient (Wildman–Crippen LogP) is 1.20. The summed E-state index contributed by atoms with van der Waals surface area (Å²) in [5.41, 5.74) is 1.18. The van der Waals surface area contributed by atoms with Crippen LogP contribution in [0.1, 0.15) is 6.92 Å². The highest BCUT2D eigenvalue weighted by molar-refractivity contribution is 5.85. The van der Waals surface area contributed by atoms with Crippen LogP contribution in [-0.4, -0.2) is 13.6 Å². The molecule has 1 N–H and O–H groups in total. The first-order valence-corrected chi connectivity index (χ1v) is 2.06. The second kappa shape index (κ2) is 5.99. The summed E-state index contributed by atoms with van der Waals surface area (Å²) in [7, 11) is 1.91. The molecule has 0 aliphatic rings. The summed E-state index contributed by atoms with van der Waals surface area (Å²) in [6.45, 7) is 6.61. The van der Waals surface area contributed by atoms with Crippen LogP contribution >= 0.6 is 12.4 Å². The minimum atomic E-state index is 0. The minimum absolute atomic E-state index is 0. The SMILES string of the molecule is C=C(C)CNC.Cl. The van der Waals surface area contributed by atoms with Crippen LogP contribution in [0, 0.1) is 0 Å². The van der Waals surface area contributed by atoms with Gasteiger partial charge in [-0.15, -0.1) is 12.4 Å². The Hall–Kier alpha value is -0.0100. The maximum atomic E-state index is 3.68. The molecular weight excluding hydrogens is 110 g/mol. The van der Waals surface area contributed by atoms with Crippen molar-refractivity contribution in [2.75, 3.05) is 13.6 Å². The molecule has 2 heteroatoms. The van der Waals surface area contributed by atoms with Crippen molar-refractivity contribution in [1.82, 2.24) is 5.32 Å². The molecule has 0 saturated heterocycles. The predicted molar refractivity (Wildman–Crippen MR) is 36.0 cm³/mol. The van der Waals surface area contributed by atoms with Crippen molar-refractivity contribution in [3.8, 4) is 0 Å². The van der Waals surface area contributed by atoms with Gasteiger partial charge in [-0.1, -0.05) is 12.2 Å². The van der Waals surface area contributed by atoms with E-state index in [-0.39, 0.29) is 12.4 Å². The lowest BCUT2D eigenvalue weighted by Crippen LogP contribution is -2.07. The zero-order valence-electron chi connectivity index (χ0n) is 4.82. The van der Waals surface area contributed by atoms with Gasteiger partial charge in [0.15, 0.2) is 0 Å². The second-order valence-electron chi connectivity index (χ2n) is 1.49. The van der Waals surface area contributed by atoms with E-state index in [4.69, 9.17) is 0 Å². The lowest BCUT2D eigenvalue weighted by Gasteiger charge is -1.90. The first-order valence-electron chi connectivity index (χ1n) is 2.06. The summed E-state index contributed by atoms with van der Waals surface area (Å²) >= 11 is 0. The Labute approximate surface area is 51.2 Å². The fraction of sp³-hybridized carbons (Fsp3) is 0.600. The van der Waals surface area contributed by atoms with E-state index in [1.54, 1.807) is 0 Å². The van der Waals surface area contributed by atoms with Crippen molar-refractivity contribution in [2.45, 2.75) is 6.92 Å². The van der Waals surface area contributed by atoms with Gasteiger partial charge >= 0.3 is 0 Å². The number of rotatable bonds is 2. The highest BCUT2D eigenvalue weighted by Gasteiger charge is 1.73. The minimum Gasteiger partial charge on any atom is -0.316 e. The zero-order chi connectivity index (χ0) is 4.99. The van der Waals surface area contributed by atoms with E-state index in [9.17, 15) is 0 Å². The van der Waals surface area contributed by atoms with Crippen LogP contribution in [0.5, 0.6) is 0 Å². The van der Waals surface area contributed by atoms with Gasteiger partial charge in [0.2, 0.25) is 0 Å². The number of likely N-dealkylation sites (N-methyl/N-ethyl adjacent to an activating group) is 1.